The summed E-state index contributed by atoms with van der Waals surface area (Å²) in [4.78, 5) is 0. The number of fused-ring (bicyclic) bond motifs is 1. The second-order valence-electron chi connectivity index (χ2n) is 5.70. The smallest absolute Gasteiger partial charge is 0.186 e. The Balaban J connectivity index is 1.86. The molecule has 0 amide bonds. The van der Waals surface area contributed by atoms with Gasteiger partial charge in [0.2, 0.25) is 0 Å². The van der Waals surface area contributed by atoms with Crippen LogP contribution < -0.4 is 15.5 Å². The predicted octanol–water partition coefficient (Wildman–Crippen LogP) is 4.24. The van der Waals surface area contributed by atoms with Gasteiger partial charge in [0, 0.05) is 12.1 Å². The van der Waals surface area contributed by atoms with Crippen molar-refractivity contribution in [3.63, 3.8) is 0 Å². The van der Waals surface area contributed by atoms with Crippen LogP contribution in [0.25, 0.3) is 10.8 Å². The van der Waals surface area contributed by atoms with Gasteiger partial charge in [-0.15, -0.1) is 0 Å². The Labute approximate surface area is 158 Å². The molecule has 0 aliphatic rings. The van der Waals surface area contributed by atoms with E-state index < -0.39 is 0 Å². The second kappa shape index (κ2) is 8.97. The molecular weight excluding hydrogens is 342 g/mol. The molecule has 2 N–H and O–H groups in total. The average molecular weight is 363 g/mol. The van der Waals surface area contributed by atoms with Crippen molar-refractivity contribution < 1.29 is 4.74 Å². The highest BCUT2D eigenvalue weighted by atomic mass is 32.1. The summed E-state index contributed by atoms with van der Waals surface area (Å²) < 4.78 is 6.07. The molecule has 0 bridgehead atoms. The lowest BCUT2D eigenvalue weighted by Crippen LogP contribution is -2.31. The summed E-state index contributed by atoms with van der Waals surface area (Å²) in [6, 6.07) is 22.3. The first-order valence-electron chi connectivity index (χ1n) is 8.53. The van der Waals surface area contributed by atoms with E-state index in [9.17, 15) is 0 Å². The van der Waals surface area contributed by atoms with Crippen LogP contribution >= 0.6 is 12.2 Å². The summed E-state index contributed by atoms with van der Waals surface area (Å²) in [6.07, 6.45) is 1.76. The summed E-state index contributed by atoms with van der Waals surface area (Å²) in [6.45, 7) is 3.24. The van der Waals surface area contributed by atoms with Gasteiger partial charge >= 0.3 is 0 Å². The van der Waals surface area contributed by atoms with Gasteiger partial charge in [-0.25, -0.2) is 0 Å². The van der Waals surface area contributed by atoms with Crippen molar-refractivity contribution in [2.45, 2.75) is 13.5 Å². The Bertz CT molecular complexity index is 910. The molecule has 132 valence electrons. The zero-order chi connectivity index (χ0) is 18.2. The van der Waals surface area contributed by atoms with E-state index in [1.807, 2.05) is 55.5 Å². The zero-order valence-electron chi connectivity index (χ0n) is 14.6. The summed E-state index contributed by atoms with van der Waals surface area (Å²) in [5.74, 6) is 0.785. The fourth-order valence-electron chi connectivity index (χ4n) is 2.63. The van der Waals surface area contributed by atoms with Crippen LogP contribution in [0.15, 0.2) is 71.8 Å². The molecule has 0 spiro atoms. The largest absolute Gasteiger partial charge is 0.488 e. The monoisotopic (exact) mass is 363 g/mol. The predicted molar refractivity (Wildman–Crippen MR) is 112 cm³/mol. The Hall–Kier alpha value is -2.92. The molecule has 0 heterocycles. The highest BCUT2D eigenvalue weighted by Crippen LogP contribution is 2.27. The van der Waals surface area contributed by atoms with Crippen LogP contribution in [0.2, 0.25) is 0 Å². The number of rotatable bonds is 6. The van der Waals surface area contributed by atoms with E-state index in [0.717, 1.165) is 34.2 Å². The topological polar surface area (TPSA) is 45.7 Å². The summed E-state index contributed by atoms with van der Waals surface area (Å²) in [5.41, 5.74) is 4.87. The SMILES string of the molecule is CCNC(=S)N/N=C\c1c(OCc2ccccc2)ccc2ccccc12. The van der Waals surface area contributed by atoms with Crippen molar-refractivity contribution >= 4 is 34.3 Å². The Morgan fingerprint density at radius 3 is 2.62 bits per heavy atom. The number of nitrogens with one attached hydrogen (secondary N) is 2. The summed E-state index contributed by atoms with van der Waals surface area (Å²) in [5, 5.41) is 9.98. The molecule has 0 unspecified atom stereocenters. The maximum Gasteiger partial charge on any atom is 0.186 e. The highest BCUT2D eigenvalue weighted by Gasteiger charge is 2.07. The van der Waals surface area contributed by atoms with Crippen LogP contribution in [0.3, 0.4) is 0 Å². The molecule has 0 radical (unpaired) electrons. The quantitative estimate of drug-likeness (QED) is 0.391. The molecule has 0 atom stereocenters. The van der Waals surface area contributed by atoms with Gasteiger partial charge in [0.1, 0.15) is 12.4 Å². The van der Waals surface area contributed by atoms with Crippen molar-refractivity contribution in [2.24, 2.45) is 5.10 Å². The van der Waals surface area contributed by atoms with Gasteiger partial charge in [0.15, 0.2) is 5.11 Å². The van der Waals surface area contributed by atoms with Crippen molar-refractivity contribution in [1.29, 1.82) is 0 Å². The van der Waals surface area contributed by atoms with Crippen LogP contribution in [-0.4, -0.2) is 17.9 Å². The Morgan fingerprint density at radius 2 is 1.81 bits per heavy atom. The molecule has 3 rings (SSSR count). The molecule has 0 fully saturated rings. The molecule has 5 heteroatoms. The van der Waals surface area contributed by atoms with Gasteiger partial charge in [-0.3, -0.25) is 5.43 Å². The average Bonchev–Trinajstić information content (AvgIpc) is 2.68. The minimum absolute atomic E-state index is 0.496. The first-order chi connectivity index (χ1) is 12.8. The van der Waals surface area contributed by atoms with Crippen molar-refractivity contribution in [1.82, 2.24) is 10.7 Å². The number of thiocarbonyl (C=S) groups is 1. The molecule has 0 aromatic heterocycles. The van der Waals surface area contributed by atoms with E-state index in [1.54, 1.807) is 6.21 Å². The van der Waals surface area contributed by atoms with Crippen LogP contribution in [0.5, 0.6) is 5.75 Å². The van der Waals surface area contributed by atoms with E-state index in [4.69, 9.17) is 17.0 Å². The number of ether oxygens (including phenoxy) is 1. The third-order valence-electron chi connectivity index (χ3n) is 3.86. The Morgan fingerprint density at radius 1 is 1.04 bits per heavy atom. The van der Waals surface area contributed by atoms with E-state index in [0.29, 0.717) is 11.7 Å². The number of hydrogen-bond acceptors (Lipinski definition) is 3. The van der Waals surface area contributed by atoms with Crippen molar-refractivity contribution in [2.75, 3.05) is 6.54 Å². The van der Waals surface area contributed by atoms with Gasteiger partial charge in [0.05, 0.1) is 6.21 Å². The van der Waals surface area contributed by atoms with E-state index in [1.165, 1.54) is 0 Å². The normalized spacial score (nSPS) is 10.8. The first-order valence-corrected chi connectivity index (χ1v) is 8.94. The van der Waals surface area contributed by atoms with Crippen LogP contribution in [0.4, 0.5) is 0 Å². The van der Waals surface area contributed by atoms with E-state index in [-0.39, 0.29) is 0 Å². The lowest BCUT2D eigenvalue weighted by atomic mass is 10.0. The zero-order valence-corrected chi connectivity index (χ0v) is 15.4. The third-order valence-corrected chi connectivity index (χ3v) is 4.10. The van der Waals surface area contributed by atoms with Crippen molar-refractivity contribution in [3.05, 3.63) is 77.9 Å². The molecule has 3 aromatic carbocycles. The van der Waals surface area contributed by atoms with Gasteiger partial charge in [0.25, 0.3) is 0 Å². The maximum absolute atomic E-state index is 6.07. The van der Waals surface area contributed by atoms with Crippen molar-refractivity contribution in [3.8, 4) is 5.75 Å². The van der Waals surface area contributed by atoms with Crippen LogP contribution in [0.1, 0.15) is 18.1 Å². The van der Waals surface area contributed by atoms with Gasteiger partial charge in [-0.05, 0) is 41.5 Å². The number of benzene rings is 3. The lowest BCUT2D eigenvalue weighted by molar-refractivity contribution is 0.306. The van der Waals surface area contributed by atoms with Gasteiger partial charge < -0.3 is 10.1 Å². The molecule has 3 aromatic rings. The standard InChI is InChI=1S/C21H21N3OS/c1-2-22-21(26)24-23-14-19-18-11-7-6-10-17(18)12-13-20(19)25-15-16-8-4-3-5-9-16/h3-14H,2,15H2,1H3,(H2,22,24,26)/b23-14-. The van der Waals surface area contributed by atoms with E-state index in [2.05, 4.69) is 34.0 Å². The molecule has 0 saturated carbocycles. The molecule has 0 saturated heterocycles. The highest BCUT2D eigenvalue weighted by molar-refractivity contribution is 7.80. The molecular formula is C21H21N3OS. The molecule has 0 aliphatic heterocycles. The minimum Gasteiger partial charge on any atom is -0.488 e. The number of nitrogens with zero attached hydrogens (tertiary/aromatic N) is 1. The fourth-order valence-corrected chi connectivity index (χ4v) is 2.82. The molecule has 0 aliphatic carbocycles. The molecule has 4 nitrogen and oxygen atoms in total. The fraction of sp³-hybridized carbons (Fsp3) is 0.143. The lowest BCUT2D eigenvalue weighted by Gasteiger charge is -2.12. The Kier molecular flexibility index (Phi) is 6.17. The minimum atomic E-state index is 0.496. The number of hydrogen-bond donors (Lipinski definition) is 2. The number of hydrazone groups is 1. The van der Waals surface area contributed by atoms with E-state index >= 15 is 0 Å². The van der Waals surface area contributed by atoms with Gasteiger partial charge in [-0.2, -0.15) is 5.10 Å². The summed E-state index contributed by atoms with van der Waals surface area (Å²) in [7, 11) is 0. The summed E-state index contributed by atoms with van der Waals surface area (Å²) >= 11 is 5.15. The van der Waals surface area contributed by atoms with Gasteiger partial charge in [-0.1, -0.05) is 60.7 Å². The maximum atomic E-state index is 6.07. The second-order valence-corrected chi connectivity index (χ2v) is 6.11. The molecule has 26 heavy (non-hydrogen) atoms. The van der Waals surface area contributed by atoms with Crippen LogP contribution in [-0.2, 0) is 6.61 Å². The van der Waals surface area contributed by atoms with Crippen LogP contribution in [0, 0.1) is 0 Å². The third kappa shape index (κ3) is 4.58. The first kappa shape index (κ1) is 17.9.